The Morgan fingerprint density at radius 1 is 0.938 bits per heavy atom. The summed E-state index contributed by atoms with van der Waals surface area (Å²) in [6, 6.07) is 19.6. The third-order valence-electron chi connectivity index (χ3n) is 4.68. The van der Waals surface area contributed by atoms with Crippen molar-refractivity contribution in [2.45, 2.75) is 27.3 Å². The van der Waals surface area contributed by atoms with Gasteiger partial charge in [0.25, 0.3) is 0 Å². The van der Waals surface area contributed by atoms with Gasteiger partial charge in [-0.15, -0.1) is 12.4 Å². The summed E-state index contributed by atoms with van der Waals surface area (Å²) in [5.74, 6) is 6.36. The largest absolute Gasteiger partial charge is 0.298 e. The smallest absolute Gasteiger partial charge is 0.0234 e. The van der Waals surface area contributed by atoms with Crippen molar-refractivity contribution in [2.75, 3.05) is 13.6 Å². The van der Waals surface area contributed by atoms with Crippen LogP contribution in [0.5, 0.6) is 0 Å². The van der Waals surface area contributed by atoms with Crippen LogP contribution < -0.4 is 0 Å². The fourth-order valence-corrected chi connectivity index (χ4v) is 3.83. The Bertz CT molecular complexity index is 1090. The molecule has 0 bridgehead atoms. The predicted molar refractivity (Wildman–Crippen MR) is 145 cm³/mol. The quantitative estimate of drug-likeness (QED) is 0.254. The zero-order valence-corrected chi connectivity index (χ0v) is 21.0. The molecule has 166 valence electrons. The van der Waals surface area contributed by atoms with Crippen molar-refractivity contribution in [3.05, 3.63) is 94.2 Å². The molecular formula is C29H32ClNS. The van der Waals surface area contributed by atoms with Crippen LogP contribution >= 0.6 is 23.7 Å². The summed E-state index contributed by atoms with van der Waals surface area (Å²) in [5.41, 5.74) is 6.34. The summed E-state index contributed by atoms with van der Waals surface area (Å²) < 4.78 is 0. The van der Waals surface area contributed by atoms with E-state index in [9.17, 15) is 0 Å². The molecule has 0 aliphatic carbocycles. The summed E-state index contributed by atoms with van der Waals surface area (Å²) in [7, 11) is 2.14. The molecule has 1 nitrogen and oxygen atoms in total. The predicted octanol–water partition coefficient (Wildman–Crippen LogP) is 8.04. The van der Waals surface area contributed by atoms with Crippen molar-refractivity contribution >= 4 is 35.9 Å². The van der Waals surface area contributed by atoms with Crippen molar-refractivity contribution in [1.29, 1.82) is 0 Å². The summed E-state index contributed by atoms with van der Waals surface area (Å²) in [6.45, 7) is 8.17. The molecule has 0 amide bonds. The first-order chi connectivity index (χ1) is 14.9. The second-order valence-corrected chi connectivity index (χ2v) is 9.61. The number of nitrogens with zero attached hydrogens (tertiary/aromatic N) is 1. The number of hydrogen-bond acceptors (Lipinski definition) is 2. The van der Waals surface area contributed by atoms with E-state index in [4.69, 9.17) is 0 Å². The minimum absolute atomic E-state index is 0. The summed E-state index contributed by atoms with van der Waals surface area (Å²) >= 11 is 1.73. The number of likely N-dealkylation sites (N-methyl/N-ethyl adjacent to an activating group) is 1. The Labute approximate surface area is 203 Å². The van der Waals surface area contributed by atoms with Gasteiger partial charge in [0, 0.05) is 18.5 Å². The maximum Gasteiger partial charge on any atom is 0.0234 e. The second kappa shape index (κ2) is 12.5. The molecular weight excluding hydrogens is 430 g/mol. The number of allylic oxidation sites excluding steroid dienone is 1. The van der Waals surface area contributed by atoms with Crippen molar-refractivity contribution in [1.82, 2.24) is 4.90 Å². The first-order valence-electron chi connectivity index (χ1n) is 10.6. The molecule has 32 heavy (non-hydrogen) atoms. The lowest BCUT2D eigenvalue weighted by Gasteiger charge is -2.14. The molecule has 0 saturated carbocycles. The van der Waals surface area contributed by atoms with Crippen molar-refractivity contribution in [3.63, 3.8) is 0 Å². The fraction of sp³-hybridized carbons (Fsp3) is 0.241. The van der Waals surface area contributed by atoms with Gasteiger partial charge in [0.05, 0.1) is 0 Å². The zero-order valence-electron chi connectivity index (χ0n) is 19.3. The Kier molecular flexibility index (Phi) is 10.0. The van der Waals surface area contributed by atoms with E-state index in [1.165, 1.54) is 27.8 Å². The molecule has 0 radical (unpaired) electrons. The van der Waals surface area contributed by atoms with E-state index >= 15 is 0 Å². The molecule has 0 saturated heterocycles. The van der Waals surface area contributed by atoms with E-state index in [1.54, 1.807) is 11.3 Å². The van der Waals surface area contributed by atoms with Gasteiger partial charge in [0.2, 0.25) is 0 Å². The van der Waals surface area contributed by atoms with Gasteiger partial charge in [-0.25, -0.2) is 0 Å². The first kappa shape index (κ1) is 25.7. The SMILES string of the molecule is CN(CC=CC#CC(C)(C)C)Cc1cccc(C=Cc2cccc(-c3ccsc3)c2)c1.Cl. The first-order valence-corrected chi connectivity index (χ1v) is 11.6. The van der Waals surface area contributed by atoms with Gasteiger partial charge in [-0.05, 0) is 84.6 Å². The molecule has 0 unspecified atom stereocenters. The number of hydrogen-bond donors (Lipinski definition) is 0. The van der Waals surface area contributed by atoms with Gasteiger partial charge in [0.1, 0.15) is 0 Å². The molecule has 0 fully saturated rings. The van der Waals surface area contributed by atoms with E-state index in [2.05, 4.69) is 128 Å². The topological polar surface area (TPSA) is 3.24 Å². The average Bonchev–Trinajstić information content (AvgIpc) is 3.27. The van der Waals surface area contributed by atoms with Crippen molar-refractivity contribution in [2.24, 2.45) is 5.41 Å². The number of benzene rings is 2. The molecule has 0 N–H and O–H groups in total. The van der Waals surface area contributed by atoms with Crippen molar-refractivity contribution in [3.8, 4) is 23.0 Å². The van der Waals surface area contributed by atoms with E-state index < -0.39 is 0 Å². The highest BCUT2D eigenvalue weighted by molar-refractivity contribution is 7.08. The van der Waals surface area contributed by atoms with Gasteiger partial charge < -0.3 is 0 Å². The van der Waals surface area contributed by atoms with Crippen LogP contribution in [-0.4, -0.2) is 18.5 Å². The zero-order chi connectivity index (χ0) is 22.1. The molecule has 3 rings (SSSR count). The highest BCUT2D eigenvalue weighted by atomic mass is 35.5. The van der Waals surface area contributed by atoms with Gasteiger partial charge in [-0.3, -0.25) is 4.90 Å². The van der Waals surface area contributed by atoms with E-state index in [0.717, 1.165) is 13.1 Å². The molecule has 1 heterocycles. The molecule has 3 heteroatoms. The van der Waals surface area contributed by atoms with E-state index in [1.807, 2.05) is 6.08 Å². The Balaban J connectivity index is 0.00000363. The third-order valence-corrected chi connectivity index (χ3v) is 5.36. The molecule has 0 aliphatic rings. The maximum absolute atomic E-state index is 3.23. The van der Waals surface area contributed by atoms with E-state index in [0.29, 0.717) is 0 Å². The third kappa shape index (κ3) is 8.89. The van der Waals surface area contributed by atoms with Crippen LogP contribution in [0, 0.1) is 17.3 Å². The maximum atomic E-state index is 3.23. The van der Waals surface area contributed by atoms with Gasteiger partial charge in [-0.1, -0.05) is 72.5 Å². The standard InChI is InChI=1S/C29H31NS.ClH/c1-29(2,3)17-6-5-7-18-30(4)22-26-12-8-10-24(20-26)14-15-25-11-9-13-27(21-25)28-16-19-31-23-28;/h5,7-16,19-21,23H,18,22H2,1-4H3;1H. The molecule has 1 aromatic heterocycles. The van der Waals surface area contributed by atoms with Crippen LogP contribution in [0.1, 0.15) is 37.5 Å². The van der Waals surface area contributed by atoms with Crippen LogP contribution in [0.15, 0.2) is 77.5 Å². The molecule has 0 spiro atoms. The minimum atomic E-state index is 0. The fourth-order valence-electron chi connectivity index (χ4n) is 3.16. The molecule has 2 aromatic carbocycles. The molecule has 0 atom stereocenters. The minimum Gasteiger partial charge on any atom is -0.298 e. The van der Waals surface area contributed by atoms with Gasteiger partial charge in [-0.2, -0.15) is 11.3 Å². The Hall–Kier alpha value is -2.57. The Morgan fingerprint density at radius 3 is 2.34 bits per heavy atom. The highest BCUT2D eigenvalue weighted by Gasteiger charge is 2.03. The number of halogens is 1. The number of thiophene rings is 1. The monoisotopic (exact) mass is 461 g/mol. The lowest BCUT2D eigenvalue weighted by molar-refractivity contribution is 0.363. The highest BCUT2D eigenvalue weighted by Crippen LogP contribution is 2.23. The van der Waals surface area contributed by atoms with Crippen molar-refractivity contribution < 1.29 is 0 Å². The van der Waals surface area contributed by atoms with Crippen LogP contribution in [0.4, 0.5) is 0 Å². The molecule has 3 aromatic rings. The summed E-state index contributed by atoms with van der Waals surface area (Å²) in [6.07, 6.45) is 8.47. The summed E-state index contributed by atoms with van der Waals surface area (Å²) in [4.78, 5) is 2.29. The van der Waals surface area contributed by atoms with Crippen LogP contribution in [0.2, 0.25) is 0 Å². The normalized spacial score (nSPS) is 11.5. The average molecular weight is 462 g/mol. The van der Waals surface area contributed by atoms with Gasteiger partial charge >= 0.3 is 0 Å². The van der Waals surface area contributed by atoms with Crippen LogP contribution in [-0.2, 0) is 6.54 Å². The Morgan fingerprint density at radius 2 is 1.66 bits per heavy atom. The lowest BCUT2D eigenvalue weighted by Crippen LogP contribution is -2.17. The van der Waals surface area contributed by atoms with E-state index in [-0.39, 0.29) is 17.8 Å². The summed E-state index contributed by atoms with van der Waals surface area (Å²) in [5, 5.41) is 4.31. The van der Waals surface area contributed by atoms with Gasteiger partial charge in [0.15, 0.2) is 0 Å². The van der Waals surface area contributed by atoms with Crippen LogP contribution in [0.25, 0.3) is 23.3 Å². The van der Waals surface area contributed by atoms with Crippen LogP contribution in [0.3, 0.4) is 0 Å². The molecule has 0 aliphatic heterocycles. The lowest BCUT2D eigenvalue weighted by atomic mass is 9.98. The number of rotatable bonds is 7. The second-order valence-electron chi connectivity index (χ2n) is 8.83.